The van der Waals surface area contributed by atoms with Crippen LogP contribution in [0.15, 0.2) is 27.2 Å². The fourth-order valence-electron chi connectivity index (χ4n) is 2.54. The van der Waals surface area contributed by atoms with E-state index in [1.807, 2.05) is 24.3 Å². The summed E-state index contributed by atoms with van der Waals surface area (Å²) in [6, 6.07) is 5.97. The third kappa shape index (κ3) is 3.80. The molecular formula is C16H19BrN4O2. The molecule has 7 heteroatoms. The van der Waals surface area contributed by atoms with Crippen LogP contribution in [0.4, 0.5) is 0 Å². The smallest absolute Gasteiger partial charge is 0.250 e. The van der Waals surface area contributed by atoms with Gasteiger partial charge in [0.05, 0.1) is 13.2 Å². The highest BCUT2D eigenvalue weighted by atomic mass is 79.9. The van der Waals surface area contributed by atoms with Gasteiger partial charge in [0.15, 0.2) is 5.82 Å². The van der Waals surface area contributed by atoms with Crippen molar-refractivity contribution < 1.29 is 9.26 Å². The summed E-state index contributed by atoms with van der Waals surface area (Å²) < 4.78 is 11.7. The van der Waals surface area contributed by atoms with Gasteiger partial charge in [0.1, 0.15) is 5.75 Å². The van der Waals surface area contributed by atoms with Gasteiger partial charge in [-0.3, -0.25) is 4.90 Å². The first-order valence-corrected chi connectivity index (χ1v) is 8.23. The summed E-state index contributed by atoms with van der Waals surface area (Å²) in [5.41, 5.74) is 0.943. The summed E-state index contributed by atoms with van der Waals surface area (Å²) in [7, 11) is 3.72. The van der Waals surface area contributed by atoms with Crippen LogP contribution in [0.3, 0.4) is 0 Å². The zero-order chi connectivity index (χ0) is 16.2. The van der Waals surface area contributed by atoms with Crippen molar-refractivity contribution in [1.82, 2.24) is 20.4 Å². The molecule has 0 aliphatic carbocycles. The number of halogens is 1. The summed E-state index contributed by atoms with van der Waals surface area (Å²) in [6.07, 6.45) is 3.71. The second kappa shape index (κ2) is 7.25. The maximum atomic E-state index is 5.35. The molecule has 1 fully saturated rings. The van der Waals surface area contributed by atoms with E-state index in [1.54, 1.807) is 13.2 Å². The first-order chi connectivity index (χ1) is 11.2. The number of ether oxygens (including phenoxy) is 1. The van der Waals surface area contributed by atoms with Crippen molar-refractivity contribution in [1.29, 1.82) is 0 Å². The summed E-state index contributed by atoms with van der Waals surface area (Å²) >= 11 is 3.46. The fraction of sp³-hybridized carbons (Fsp3) is 0.375. The predicted octanol–water partition coefficient (Wildman–Crippen LogP) is 2.59. The van der Waals surface area contributed by atoms with E-state index in [0.717, 1.165) is 35.4 Å². The normalized spacial score (nSPS) is 19.3. The number of methoxy groups -OCH3 is 1. The third-order valence-corrected chi connectivity index (χ3v) is 4.36. The lowest BCUT2D eigenvalue weighted by molar-refractivity contribution is 0.190. The van der Waals surface area contributed by atoms with Gasteiger partial charge in [0.25, 0.3) is 5.89 Å². The highest BCUT2D eigenvalue weighted by molar-refractivity contribution is 9.10. The molecule has 3 rings (SSSR count). The predicted molar refractivity (Wildman–Crippen MR) is 92.2 cm³/mol. The number of nitrogens with zero attached hydrogens (tertiary/aromatic N) is 3. The van der Waals surface area contributed by atoms with E-state index in [0.29, 0.717) is 11.7 Å². The van der Waals surface area contributed by atoms with Gasteiger partial charge >= 0.3 is 0 Å². The number of likely N-dealkylation sites (N-methyl/N-ethyl adjacent to an activating group) is 1. The number of aromatic nitrogens is 2. The molecule has 1 aromatic carbocycles. The number of hydrogen-bond donors (Lipinski definition) is 1. The van der Waals surface area contributed by atoms with Crippen LogP contribution in [-0.2, 0) is 0 Å². The number of hydrogen-bond acceptors (Lipinski definition) is 6. The number of rotatable bonds is 4. The van der Waals surface area contributed by atoms with Gasteiger partial charge in [-0.1, -0.05) is 21.1 Å². The van der Waals surface area contributed by atoms with E-state index in [4.69, 9.17) is 9.26 Å². The average molecular weight is 379 g/mol. The van der Waals surface area contributed by atoms with Crippen LogP contribution in [0.25, 0.3) is 12.2 Å². The molecule has 0 amide bonds. The van der Waals surface area contributed by atoms with Crippen LogP contribution in [0, 0.1) is 0 Å². The molecule has 122 valence electrons. The zero-order valence-corrected chi connectivity index (χ0v) is 14.7. The summed E-state index contributed by atoms with van der Waals surface area (Å²) in [6.45, 7) is 2.79. The van der Waals surface area contributed by atoms with E-state index >= 15 is 0 Å². The van der Waals surface area contributed by atoms with Crippen LogP contribution < -0.4 is 10.1 Å². The largest absolute Gasteiger partial charge is 0.496 e. The molecule has 0 bridgehead atoms. The molecule has 1 unspecified atom stereocenters. The van der Waals surface area contributed by atoms with Crippen LogP contribution in [0.2, 0.25) is 0 Å². The molecular weight excluding hydrogens is 360 g/mol. The van der Waals surface area contributed by atoms with Crippen LogP contribution >= 0.6 is 15.9 Å². The van der Waals surface area contributed by atoms with Gasteiger partial charge in [-0.05, 0) is 31.3 Å². The van der Waals surface area contributed by atoms with Gasteiger partial charge in [-0.2, -0.15) is 4.98 Å². The average Bonchev–Trinajstić information content (AvgIpc) is 3.02. The number of benzene rings is 1. The van der Waals surface area contributed by atoms with Crippen molar-refractivity contribution in [3.63, 3.8) is 0 Å². The molecule has 2 aromatic rings. The molecule has 1 N–H and O–H groups in total. The topological polar surface area (TPSA) is 63.4 Å². The second-order valence-corrected chi connectivity index (χ2v) is 6.33. The lowest BCUT2D eigenvalue weighted by Crippen LogP contribution is -2.44. The maximum absolute atomic E-state index is 5.35. The maximum Gasteiger partial charge on any atom is 0.250 e. The Labute approximate surface area is 143 Å². The minimum Gasteiger partial charge on any atom is -0.496 e. The highest BCUT2D eigenvalue weighted by Gasteiger charge is 2.24. The van der Waals surface area contributed by atoms with Gasteiger partial charge in [-0.25, -0.2) is 0 Å². The van der Waals surface area contributed by atoms with Crippen molar-refractivity contribution in [2.24, 2.45) is 0 Å². The lowest BCUT2D eigenvalue weighted by atomic mass is 10.2. The molecule has 1 atom stereocenters. The van der Waals surface area contributed by atoms with Crippen molar-refractivity contribution in [3.8, 4) is 5.75 Å². The van der Waals surface area contributed by atoms with Gasteiger partial charge < -0.3 is 14.6 Å². The molecule has 0 saturated carbocycles. The standard InChI is InChI=1S/C16H19BrN4O2/c1-21-8-7-18-10-13(21)16-19-15(23-20-16)6-3-11-9-12(17)4-5-14(11)22-2/h3-6,9,13,18H,7-8,10H2,1-2H3/b6-3+. The Bertz CT molecular complexity index is 701. The van der Waals surface area contributed by atoms with Crippen molar-refractivity contribution >= 4 is 28.1 Å². The Morgan fingerprint density at radius 1 is 1.43 bits per heavy atom. The lowest BCUT2D eigenvalue weighted by Gasteiger charge is -2.30. The molecule has 1 aromatic heterocycles. The van der Waals surface area contributed by atoms with Crippen LogP contribution in [-0.4, -0.2) is 48.8 Å². The van der Waals surface area contributed by atoms with E-state index in [9.17, 15) is 0 Å². The third-order valence-electron chi connectivity index (χ3n) is 3.86. The molecule has 23 heavy (non-hydrogen) atoms. The molecule has 0 spiro atoms. The minimum atomic E-state index is 0.148. The fourth-order valence-corrected chi connectivity index (χ4v) is 2.92. The van der Waals surface area contributed by atoms with E-state index < -0.39 is 0 Å². The Morgan fingerprint density at radius 2 is 2.30 bits per heavy atom. The van der Waals surface area contributed by atoms with E-state index in [2.05, 4.69) is 43.3 Å². The first kappa shape index (κ1) is 16.2. The quantitative estimate of drug-likeness (QED) is 0.881. The van der Waals surface area contributed by atoms with E-state index in [1.165, 1.54) is 0 Å². The van der Waals surface area contributed by atoms with E-state index in [-0.39, 0.29) is 6.04 Å². The molecule has 1 aliphatic rings. The van der Waals surface area contributed by atoms with Crippen molar-refractivity contribution in [2.45, 2.75) is 6.04 Å². The van der Waals surface area contributed by atoms with Gasteiger partial charge in [0.2, 0.25) is 0 Å². The molecule has 0 radical (unpaired) electrons. The molecule has 1 saturated heterocycles. The summed E-state index contributed by atoms with van der Waals surface area (Å²) in [5.74, 6) is 1.99. The van der Waals surface area contributed by atoms with Gasteiger partial charge in [-0.15, -0.1) is 0 Å². The number of nitrogens with one attached hydrogen (secondary N) is 1. The Morgan fingerprint density at radius 3 is 3.09 bits per heavy atom. The summed E-state index contributed by atoms with van der Waals surface area (Å²) in [4.78, 5) is 6.71. The molecule has 1 aliphatic heterocycles. The van der Waals surface area contributed by atoms with Crippen molar-refractivity contribution in [3.05, 3.63) is 40.0 Å². The first-order valence-electron chi connectivity index (χ1n) is 7.43. The monoisotopic (exact) mass is 378 g/mol. The highest BCUT2D eigenvalue weighted by Crippen LogP contribution is 2.25. The zero-order valence-electron chi connectivity index (χ0n) is 13.1. The number of piperazine rings is 1. The molecule has 2 heterocycles. The molecule has 6 nitrogen and oxygen atoms in total. The van der Waals surface area contributed by atoms with Crippen molar-refractivity contribution in [2.75, 3.05) is 33.8 Å². The van der Waals surface area contributed by atoms with Crippen LogP contribution in [0.5, 0.6) is 5.75 Å². The SMILES string of the molecule is COc1ccc(Br)cc1/C=C/c1nc(C2CNCCN2C)no1. The Kier molecular flexibility index (Phi) is 5.09. The summed E-state index contributed by atoms with van der Waals surface area (Å²) in [5, 5.41) is 7.45. The van der Waals surface area contributed by atoms with Gasteiger partial charge in [0, 0.05) is 35.7 Å². The van der Waals surface area contributed by atoms with Crippen LogP contribution in [0.1, 0.15) is 23.3 Å². The second-order valence-electron chi connectivity index (χ2n) is 5.41. The Balaban J connectivity index is 1.77. The minimum absolute atomic E-state index is 0.148. The Hall–Kier alpha value is -1.70.